The van der Waals surface area contributed by atoms with Crippen LogP contribution in [0.4, 0.5) is 0 Å². The van der Waals surface area contributed by atoms with Crippen LogP contribution in [0.3, 0.4) is 0 Å². The van der Waals surface area contributed by atoms with Crippen molar-refractivity contribution < 1.29 is 14.7 Å². The zero-order chi connectivity index (χ0) is 8.01. The summed E-state index contributed by atoms with van der Waals surface area (Å²) >= 11 is 0. The van der Waals surface area contributed by atoms with Crippen molar-refractivity contribution in [3.63, 3.8) is 0 Å². The number of hydrogen-bond donors (Lipinski definition) is 1. The fourth-order valence-electron chi connectivity index (χ4n) is 1.98. The molecule has 0 unspecified atom stereocenters. The third kappa shape index (κ3) is 0.737. The van der Waals surface area contributed by atoms with Crippen LogP contribution in [-0.4, -0.2) is 16.9 Å². The monoisotopic (exact) mass is 152 g/mol. The van der Waals surface area contributed by atoms with Gasteiger partial charge in [0, 0.05) is 12.3 Å². The van der Waals surface area contributed by atoms with E-state index in [0.717, 1.165) is 0 Å². The molecule has 0 aromatic rings. The van der Waals surface area contributed by atoms with Crippen LogP contribution in [0, 0.1) is 17.8 Å². The number of carboxylic acid groups (broad SMARTS) is 1. The lowest BCUT2D eigenvalue weighted by Crippen LogP contribution is -2.20. The third-order valence-corrected chi connectivity index (χ3v) is 2.51. The lowest BCUT2D eigenvalue weighted by atomic mass is 9.97. The quantitative estimate of drug-likeness (QED) is 0.555. The number of aliphatic carboxylic acids is 1. The van der Waals surface area contributed by atoms with Crippen molar-refractivity contribution in [2.45, 2.75) is 6.42 Å². The van der Waals surface area contributed by atoms with Gasteiger partial charge in [0.05, 0.1) is 5.92 Å². The first kappa shape index (κ1) is 6.58. The van der Waals surface area contributed by atoms with Gasteiger partial charge in [-0.15, -0.1) is 0 Å². The molecule has 2 aliphatic rings. The maximum Gasteiger partial charge on any atom is 0.308 e. The Morgan fingerprint density at radius 3 is 2.55 bits per heavy atom. The maximum absolute atomic E-state index is 11.0. The number of carbonyl (C=O) groups excluding carboxylic acids is 1. The number of carbonyl (C=O) groups is 2. The van der Waals surface area contributed by atoms with E-state index in [0.29, 0.717) is 6.42 Å². The summed E-state index contributed by atoms with van der Waals surface area (Å²) < 4.78 is 0. The highest BCUT2D eigenvalue weighted by Gasteiger charge is 2.47. The fraction of sp³-hybridized carbons (Fsp3) is 0.500. The molecular formula is C8H8O3. The average Bonchev–Trinajstić information content (AvgIpc) is 2.41. The summed E-state index contributed by atoms with van der Waals surface area (Å²) in [6.07, 6.45) is 4.01. The van der Waals surface area contributed by atoms with Crippen LogP contribution in [-0.2, 0) is 9.59 Å². The standard InChI is InChI=1S/C8H8O3/c9-6-3-4-1-2-5(6)7(4)8(10)11/h1-2,4-5,7H,3H2,(H,10,11)/t4-,5+,7-/m1/s1. The predicted molar refractivity (Wildman–Crippen MR) is 36.9 cm³/mol. The van der Waals surface area contributed by atoms with Crippen LogP contribution in [0.25, 0.3) is 0 Å². The number of carboxylic acids is 1. The van der Waals surface area contributed by atoms with Crippen LogP contribution in [0.2, 0.25) is 0 Å². The molecule has 58 valence electrons. The molecule has 2 bridgehead atoms. The third-order valence-electron chi connectivity index (χ3n) is 2.51. The number of allylic oxidation sites excluding steroid dienone is 2. The normalized spacial score (nSPS) is 40.0. The Balaban J connectivity index is 2.31. The van der Waals surface area contributed by atoms with E-state index in [4.69, 9.17) is 5.11 Å². The summed E-state index contributed by atoms with van der Waals surface area (Å²) in [5.74, 6) is -1.55. The van der Waals surface area contributed by atoms with Gasteiger partial charge in [-0.3, -0.25) is 9.59 Å². The minimum atomic E-state index is -0.837. The summed E-state index contributed by atoms with van der Waals surface area (Å²) in [5, 5.41) is 8.72. The fourth-order valence-corrected chi connectivity index (χ4v) is 1.98. The second kappa shape index (κ2) is 1.94. The number of rotatable bonds is 1. The topological polar surface area (TPSA) is 54.4 Å². The van der Waals surface area contributed by atoms with Crippen molar-refractivity contribution in [1.29, 1.82) is 0 Å². The number of hydrogen-bond acceptors (Lipinski definition) is 2. The highest BCUT2D eigenvalue weighted by molar-refractivity contribution is 5.93. The number of ketones is 1. The lowest BCUT2D eigenvalue weighted by molar-refractivity contribution is -0.143. The predicted octanol–water partition coefficient (Wildman–Crippen LogP) is 0.462. The van der Waals surface area contributed by atoms with Gasteiger partial charge in [-0.05, 0) is 5.92 Å². The average molecular weight is 152 g/mol. The van der Waals surface area contributed by atoms with Crippen molar-refractivity contribution in [1.82, 2.24) is 0 Å². The Hall–Kier alpha value is -1.12. The van der Waals surface area contributed by atoms with Crippen LogP contribution in [0.1, 0.15) is 6.42 Å². The summed E-state index contributed by atoms with van der Waals surface area (Å²) in [6.45, 7) is 0. The van der Waals surface area contributed by atoms with Crippen molar-refractivity contribution >= 4 is 11.8 Å². The van der Waals surface area contributed by atoms with E-state index in [-0.39, 0.29) is 17.6 Å². The van der Waals surface area contributed by atoms with Gasteiger partial charge in [-0.25, -0.2) is 0 Å². The molecule has 3 heteroatoms. The molecule has 1 fully saturated rings. The molecule has 3 atom stereocenters. The largest absolute Gasteiger partial charge is 0.481 e. The SMILES string of the molecule is O=C(O)[C@@H]1[C@@H]2C=C[C@H]1C(=O)C2. The van der Waals surface area contributed by atoms with Gasteiger partial charge in [0.2, 0.25) is 0 Å². The van der Waals surface area contributed by atoms with Crippen LogP contribution >= 0.6 is 0 Å². The van der Waals surface area contributed by atoms with E-state index in [1.54, 1.807) is 6.08 Å². The molecule has 2 rings (SSSR count). The van der Waals surface area contributed by atoms with Gasteiger partial charge in [-0.2, -0.15) is 0 Å². The molecule has 0 saturated heterocycles. The van der Waals surface area contributed by atoms with Gasteiger partial charge < -0.3 is 5.11 Å². The van der Waals surface area contributed by atoms with E-state index < -0.39 is 11.9 Å². The van der Waals surface area contributed by atoms with Crippen molar-refractivity contribution in [3.05, 3.63) is 12.2 Å². The van der Waals surface area contributed by atoms with Gasteiger partial charge in [0.1, 0.15) is 5.78 Å². The molecular weight excluding hydrogens is 144 g/mol. The Kier molecular flexibility index (Phi) is 1.16. The molecule has 3 nitrogen and oxygen atoms in total. The van der Waals surface area contributed by atoms with E-state index in [1.807, 2.05) is 6.08 Å². The summed E-state index contributed by atoms with van der Waals surface area (Å²) in [4.78, 5) is 21.7. The van der Waals surface area contributed by atoms with Crippen molar-refractivity contribution in [3.8, 4) is 0 Å². The molecule has 0 aromatic heterocycles. The lowest BCUT2D eigenvalue weighted by Gasteiger charge is -2.06. The second-order valence-electron chi connectivity index (χ2n) is 3.11. The zero-order valence-corrected chi connectivity index (χ0v) is 5.86. The van der Waals surface area contributed by atoms with E-state index in [1.165, 1.54) is 0 Å². The Morgan fingerprint density at radius 1 is 1.55 bits per heavy atom. The van der Waals surface area contributed by atoms with Crippen molar-refractivity contribution in [2.75, 3.05) is 0 Å². The van der Waals surface area contributed by atoms with E-state index in [2.05, 4.69) is 0 Å². The number of Topliss-reactive ketones (excluding diaryl/α,β-unsaturated/α-hetero) is 1. The summed E-state index contributed by atoms with van der Waals surface area (Å²) in [5.41, 5.74) is 0. The van der Waals surface area contributed by atoms with Crippen molar-refractivity contribution in [2.24, 2.45) is 17.8 Å². The molecule has 11 heavy (non-hydrogen) atoms. The molecule has 0 heterocycles. The first-order valence-corrected chi connectivity index (χ1v) is 3.64. The minimum absolute atomic E-state index is 0.0231. The van der Waals surface area contributed by atoms with E-state index >= 15 is 0 Å². The number of fused-ring (bicyclic) bond motifs is 2. The van der Waals surface area contributed by atoms with Crippen LogP contribution in [0.15, 0.2) is 12.2 Å². The smallest absolute Gasteiger partial charge is 0.308 e. The molecule has 0 aliphatic heterocycles. The Labute approximate surface area is 63.7 Å². The highest BCUT2D eigenvalue weighted by Crippen LogP contribution is 2.41. The van der Waals surface area contributed by atoms with Crippen LogP contribution < -0.4 is 0 Å². The maximum atomic E-state index is 11.0. The highest BCUT2D eigenvalue weighted by atomic mass is 16.4. The molecule has 0 radical (unpaired) electrons. The van der Waals surface area contributed by atoms with Gasteiger partial charge in [-0.1, -0.05) is 12.2 Å². The molecule has 0 aromatic carbocycles. The zero-order valence-electron chi connectivity index (χ0n) is 5.86. The summed E-state index contributed by atoms with van der Waals surface area (Å²) in [6, 6.07) is 0. The second-order valence-corrected chi connectivity index (χ2v) is 3.11. The Bertz CT molecular complexity index is 254. The molecule has 1 N–H and O–H groups in total. The minimum Gasteiger partial charge on any atom is -0.481 e. The summed E-state index contributed by atoms with van der Waals surface area (Å²) in [7, 11) is 0. The first-order valence-electron chi connectivity index (χ1n) is 3.64. The van der Waals surface area contributed by atoms with Gasteiger partial charge in [0.25, 0.3) is 0 Å². The Morgan fingerprint density at radius 2 is 2.27 bits per heavy atom. The van der Waals surface area contributed by atoms with Crippen LogP contribution in [0.5, 0.6) is 0 Å². The van der Waals surface area contributed by atoms with Gasteiger partial charge >= 0.3 is 5.97 Å². The molecule has 0 amide bonds. The van der Waals surface area contributed by atoms with E-state index in [9.17, 15) is 9.59 Å². The molecule has 0 spiro atoms. The van der Waals surface area contributed by atoms with Gasteiger partial charge in [0.15, 0.2) is 0 Å². The first-order chi connectivity index (χ1) is 5.20. The molecule has 2 aliphatic carbocycles. The molecule has 1 saturated carbocycles.